The minimum atomic E-state index is -0.163. The molecule has 0 aromatic carbocycles. The topological polar surface area (TPSA) is 41.6 Å². The van der Waals surface area contributed by atoms with Crippen LogP contribution in [0.3, 0.4) is 0 Å². The standard InChI is InChI=1S/C15H30N2O2/c1-6-19-15(18)17-9-13(12(4)5)7-14(10-17)16-8-11(2)3/h11-14,16H,6-10H2,1-5H3. The first-order valence-electron chi connectivity index (χ1n) is 7.59. The Hall–Kier alpha value is -0.770. The van der Waals surface area contributed by atoms with Gasteiger partial charge >= 0.3 is 6.09 Å². The van der Waals surface area contributed by atoms with Gasteiger partial charge in [-0.05, 0) is 37.6 Å². The van der Waals surface area contributed by atoms with Crippen LogP contribution in [0.4, 0.5) is 4.79 Å². The molecule has 1 aliphatic rings. The Balaban J connectivity index is 2.59. The van der Waals surface area contributed by atoms with Crippen LogP contribution in [0.15, 0.2) is 0 Å². The lowest BCUT2D eigenvalue weighted by Gasteiger charge is -2.39. The van der Waals surface area contributed by atoms with Crippen molar-refractivity contribution in [3.05, 3.63) is 0 Å². The smallest absolute Gasteiger partial charge is 0.409 e. The molecule has 112 valence electrons. The fraction of sp³-hybridized carbons (Fsp3) is 0.933. The molecule has 0 radical (unpaired) electrons. The van der Waals surface area contributed by atoms with Crippen molar-refractivity contribution in [1.29, 1.82) is 0 Å². The summed E-state index contributed by atoms with van der Waals surface area (Å²) in [6, 6.07) is 0.396. The Morgan fingerprint density at radius 1 is 1.32 bits per heavy atom. The van der Waals surface area contributed by atoms with Crippen molar-refractivity contribution in [2.24, 2.45) is 17.8 Å². The summed E-state index contributed by atoms with van der Waals surface area (Å²) in [6.45, 7) is 13.8. The second-order valence-electron chi connectivity index (χ2n) is 6.34. The molecule has 0 saturated carbocycles. The number of rotatable bonds is 5. The normalized spacial score (nSPS) is 24.1. The summed E-state index contributed by atoms with van der Waals surface area (Å²) in [5, 5.41) is 3.58. The number of piperidine rings is 1. The van der Waals surface area contributed by atoms with Gasteiger partial charge in [0.2, 0.25) is 0 Å². The molecule has 2 atom stereocenters. The fourth-order valence-corrected chi connectivity index (χ4v) is 2.54. The second-order valence-corrected chi connectivity index (χ2v) is 6.34. The van der Waals surface area contributed by atoms with Crippen LogP contribution in [-0.2, 0) is 4.74 Å². The molecule has 0 bridgehead atoms. The number of nitrogens with zero attached hydrogens (tertiary/aromatic N) is 1. The molecule has 1 N–H and O–H groups in total. The van der Waals surface area contributed by atoms with Crippen molar-refractivity contribution in [3.8, 4) is 0 Å². The predicted molar refractivity (Wildman–Crippen MR) is 78.2 cm³/mol. The van der Waals surface area contributed by atoms with Crippen molar-refractivity contribution in [3.63, 3.8) is 0 Å². The van der Waals surface area contributed by atoms with Crippen LogP contribution in [-0.4, -0.2) is 43.3 Å². The van der Waals surface area contributed by atoms with E-state index in [1.54, 1.807) is 0 Å². The molecule has 0 aliphatic carbocycles. The highest BCUT2D eigenvalue weighted by Gasteiger charge is 2.31. The minimum absolute atomic E-state index is 0.163. The van der Waals surface area contributed by atoms with Gasteiger partial charge in [0.1, 0.15) is 0 Å². The van der Waals surface area contributed by atoms with Crippen molar-refractivity contribution >= 4 is 6.09 Å². The molecular weight excluding hydrogens is 240 g/mol. The Kier molecular flexibility index (Phi) is 6.63. The van der Waals surface area contributed by atoms with Gasteiger partial charge in [0, 0.05) is 19.1 Å². The van der Waals surface area contributed by atoms with E-state index < -0.39 is 0 Å². The van der Waals surface area contributed by atoms with Crippen LogP contribution >= 0.6 is 0 Å². The summed E-state index contributed by atoms with van der Waals surface area (Å²) >= 11 is 0. The largest absolute Gasteiger partial charge is 0.450 e. The van der Waals surface area contributed by atoms with Crippen molar-refractivity contribution in [2.75, 3.05) is 26.2 Å². The van der Waals surface area contributed by atoms with Crippen LogP contribution in [0.5, 0.6) is 0 Å². The zero-order valence-electron chi connectivity index (χ0n) is 13.1. The second kappa shape index (κ2) is 7.73. The lowest BCUT2D eigenvalue weighted by atomic mass is 9.85. The molecule has 1 rings (SSSR count). The van der Waals surface area contributed by atoms with Gasteiger partial charge in [0.05, 0.1) is 6.61 Å². The average Bonchev–Trinajstić information content (AvgIpc) is 2.36. The predicted octanol–water partition coefficient (Wildman–Crippen LogP) is 2.74. The van der Waals surface area contributed by atoms with Gasteiger partial charge in [-0.15, -0.1) is 0 Å². The molecule has 1 fully saturated rings. The van der Waals surface area contributed by atoms with Gasteiger partial charge in [0.25, 0.3) is 0 Å². The summed E-state index contributed by atoms with van der Waals surface area (Å²) in [5.74, 6) is 1.79. The van der Waals surface area contributed by atoms with Crippen molar-refractivity contribution in [1.82, 2.24) is 10.2 Å². The van der Waals surface area contributed by atoms with Gasteiger partial charge < -0.3 is 15.0 Å². The molecule has 2 unspecified atom stereocenters. The van der Waals surface area contributed by atoms with Crippen molar-refractivity contribution in [2.45, 2.75) is 47.1 Å². The van der Waals surface area contributed by atoms with Gasteiger partial charge in [0.15, 0.2) is 0 Å². The highest BCUT2D eigenvalue weighted by Crippen LogP contribution is 2.24. The van der Waals surface area contributed by atoms with E-state index in [0.717, 1.165) is 26.1 Å². The number of hydrogen-bond acceptors (Lipinski definition) is 3. The minimum Gasteiger partial charge on any atom is -0.450 e. The molecule has 1 saturated heterocycles. The number of amides is 1. The van der Waals surface area contributed by atoms with E-state index in [-0.39, 0.29) is 6.09 Å². The number of hydrogen-bond donors (Lipinski definition) is 1. The molecule has 4 nitrogen and oxygen atoms in total. The third kappa shape index (κ3) is 5.39. The van der Waals surface area contributed by atoms with Gasteiger partial charge in [-0.3, -0.25) is 0 Å². The summed E-state index contributed by atoms with van der Waals surface area (Å²) in [4.78, 5) is 13.8. The van der Waals surface area contributed by atoms with Crippen LogP contribution in [0.25, 0.3) is 0 Å². The third-order valence-electron chi connectivity index (χ3n) is 3.77. The highest BCUT2D eigenvalue weighted by molar-refractivity contribution is 5.67. The maximum Gasteiger partial charge on any atom is 0.409 e. The number of ether oxygens (including phenoxy) is 1. The molecule has 0 aromatic heterocycles. The van der Waals surface area contributed by atoms with Crippen LogP contribution in [0.1, 0.15) is 41.0 Å². The lowest BCUT2D eigenvalue weighted by molar-refractivity contribution is 0.0700. The summed E-state index contributed by atoms with van der Waals surface area (Å²) < 4.78 is 5.14. The molecule has 0 spiro atoms. The number of nitrogens with one attached hydrogen (secondary N) is 1. The lowest BCUT2D eigenvalue weighted by Crippen LogP contribution is -2.52. The Morgan fingerprint density at radius 2 is 2.00 bits per heavy atom. The first-order valence-corrected chi connectivity index (χ1v) is 7.59. The quantitative estimate of drug-likeness (QED) is 0.835. The molecule has 19 heavy (non-hydrogen) atoms. The Bertz CT molecular complexity index is 279. The van der Waals surface area contributed by atoms with E-state index in [1.165, 1.54) is 0 Å². The highest BCUT2D eigenvalue weighted by atomic mass is 16.6. The van der Waals surface area contributed by atoms with Crippen LogP contribution < -0.4 is 5.32 Å². The first kappa shape index (κ1) is 16.3. The van der Waals surface area contributed by atoms with Gasteiger partial charge in [-0.1, -0.05) is 27.7 Å². The molecule has 0 aromatic rings. The van der Waals surface area contributed by atoms with E-state index in [0.29, 0.717) is 30.4 Å². The maximum atomic E-state index is 11.9. The third-order valence-corrected chi connectivity index (χ3v) is 3.77. The van der Waals surface area contributed by atoms with E-state index in [9.17, 15) is 4.79 Å². The number of likely N-dealkylation sites (tertiary alicyclic amines) is 1. The Morgan fingerprint density at radius 3 is 2.53 bits per heavy atom. The average molecular weight is 270 g/mol. The van der Waals surface area contributed by atoms with Gasteiger partial charge in [-0.25, -0.2) is 4.79 Å². The SMILES string of the molecule is CCOC(=O)N1CC(NCC(C)C)CC(C(C)C)C1. The number of carbonyl (C=O) groups is 1. The molecular formula is C15H30N2O2. The molecule has 1 aliphatic heterocycles. The van der Waals surface area contributed by atoms with E-state index in [4.69, 9.17) is 4.74 Å². The maximum absolute atomic E-state index is 11.9. The zero-order chi connectivity index (χ0) is 14.4. The summed E-state index contributed by atoms with van der Waals surface area (Å²) in [7, 11) is 0. The summed E-state index contributed by atoms with van der Waals surface area (Å²) in [5.41, 5.74) is 0. The monoisotopic (exact) mass is 270 g/mol. The van der Waals surface area contributed by atoms with E-state index in [1.807, 2.05) is 11.8 Å². The number of carbonyl (C=O) groups excluding carboxylic acids is 1. The van der Waals surface area contributed by atoms with Gasteiger partial charge in [-0.2, -0.15) is 0 Å². The molecule has 4 heteroatoms. The molecule has 1 amide bonds. The molecule has 1 heterocycles. The zero-order valence-corrected chi connectivity index (χ0v) is 13.1. The summed E-state index contributed by atoms with van der Waals surface area (Å²) in [6.07, 6.45) is 0.990. The van der Waals surface area contributed by atoms with E-state index in [2.05, 4.69) is 33.0 Å². The van der Waals surface area contributed by atoms with Crippen molar-refractivity contribution < 1.29 is 9.53 Å². The van der Waals surface area contributed by atoms with E-state index >= 15 is 0 Å². The Labute approximate surface area is 117 Å². The van der Waals surface area contributed by atoms with Crippen LogP contribution in [0.2, 0.25) is 0 Å². The first-order chi connectivity index (χ1) is 8.93. The van der Waals surface area contributed by atoms with Crippen LogP contribution in [0, 0.1) is 17.8 Å². The fourth-order valence-electron chi connectivity index (χ4n) is 2.54.